The SMILES string of the molecule is O=C(Cc1ccc(Cl)cc1)Nc1ccc(N2CCCCCC2)cc1. The van der Waals surface area contributed by atoms with Crippen LogP contribution >= 0.6 is 11.6 Å². The van der Waals surface area contributed by atoms with Crippen molar-refractivity contribution in [2.24, 2.45) is 0 Å². The molecule has 0 unspecified atom stereocenters. The lowest BCUT2D eigenvalue weighted by molar-refractivity contribution is -0.115. The van der Waals surface area contributed by atoms with E-state index in [0.29, 0.717) is 11.4 Å². The van der Waals surface area contributed by atoms with Gasteiger partial charge in [-0.3, -0.25) is 4.79 Å². The highest BCUT2D eigenvalue weighted by Crippen LogP contribution is 2.21. The van der Waals surface area contributed by atoms with Crippen LogP contribution in [0.5, 0.6) is 0 Å². The van der Waals surface area contributed by atoms with Gasteiger partial charge in [-0.25, -0.2) is 0 Å². The molecule has 4 heteroatoms. The Hall–Kier alpha value is -2.00. The Labute approximate surface area is 148 Å². The van der Waals surface area contributed by atoms with Crippen molar-refractivity contribution in [3.8, 4) is 0 Å². The molecule has 0 atom stereocenters. The molecule has 1 aliphatic rings. The summed E-state index contributed by atoms with van der Waals surface area (Å²) in [5.74, 6) is -0.0140. The summed E-state index contributed by atoms with van der Waals surface area (Å²) in [5.41, 5.74) is 3.04. The lowest BCUT2D eigenvalue weighted by Crippen LogP contribution is -2.23. The van der Waals surface area contributed by atoms with Gasteiger partial charge in [-0.05, 0) is 54.8 Å². The molecular weight excluding hydrogens is 320 g/mol. The molecule has 1 fully saturated rings. The summed E-state index contributed by atoms with van der Waals surface area (Å²) in [5, 5.41) is 3.64. The molecule has 126 valence electrons. The van der Waals surface area contributed by atoms with Crippen molar-refractivity contribution in [2.75, 3.05) is 23.3 Å². The van der Waals surface area contributed by atoms with Crippen LogP contribution in [0.1, 0.15) is 31.2 Å². The van der Waals surface area contributed by atoms with Gasteiger partial charge in [-0.2, -0.15) is 0 Å². The summed E-state index contributed by atoms with van der Waals surface area (Å²) in [4.78, 5) is 14.6. The lowest BCUT2D eigenvalue weighted by Gasteiger charge is -2.22. The molecular formula is C20H23ClN2O. The molecule has 0 aromatic heterocycles. The Morgan fingerprint density at radius 1 is 0.917 bits per heavy atom. The van der Waals surface area contributed by atoms with Crippen LogP contribution in [0.3, 0.4) is 0 Å². The molecule has 3 rings (SSSR count). The first kappa shape index (κ1) is 16.8. The van der Waals surface area contributed by atoms with Crippen molar-refractivity contribution >= 4 is 28.9 Å². The zero-order chi connectivity index (χ0) is 16.8. The summed E-state index contributed by atoms with van der Waals surface area (Å²) in [7, 11) is 0. The summed E-state index contributed by atoms with van der Waals surface area (Å²) in [6.45, 7) is 2.25. The zero-order valence-corrected chi connectivity index (χ0v) is 14.6. The third-order valence-corrected chi connectivity index (χ3v) is 4.65. The van der Waals surface area contributed by atoms with Gasteiger partial charge in [0.1, 0.15) is 0 Å². The third-order valence-electron chi connectivity index (χ3n) is 4.40. The highest BCUT2D eigenvalue weighted by molar-refractivity contribution is 6.30. The second-order valence-corrected chi connectivity index (χ2v) is 6.74. The minimum Gasteiger partial charge on any atom is -0.372 e. The number of nitrogens with zero attached hydrogens (tertiary/aromatic N) is 1. The Bertz CT molecular complexity index is 659. The first-order chi connectivity index (χ1) is 11.7. The molecule has 0 spiro atoms. The van der Waals surface area contributed by atoms with Gasteiger partial charge >= 0.3 is 0 Å². The van der Waals surface area contributed by atoms with E-state index in [0.717, 1.165) is 24.3 Å². The summed E-state index contributed by atoms with van der Waals surface area (Å²) in [6.07, 6.45) is 5.54. The van der Waals surface area contributed by atoms with Crippen molar-refractivity contribution in [1.82, 2.24) is 0 Å². The number of nitrogens with one attached hydrogen (secondary N) is 1. The first-order valence-corrected chi connectivity index (χ1v) is 8.98. The van der Waals surface area contributed by atoms with Crippen molar-refractivity contribution in [3.05, 3.63) is 59.1 Å². The summed E-state index contributed by atoms with van der Waals surface area (Å²) >= 11 is 5.86. The Morgan fingerprint density at radius 2 is 1.54 bits per heavy atom. The van der Waals surface area contributed by atoms with Gasteiger partial charge in [0, 0.05) is 29.5 Å². The van der Waals surface area contributed by atoms with Gasteiger partial charge in [0.05, 0.1) is 6.42 Å². The van der Waals surface area contributed by atoms with Gasteiger partial charge in [0.25, 0.3) is 0 Å². The standard InChI is InChI=1S/C20H23ClN2O/c21-17-7-5-16(6-8-17)15-20(24)22-18-9-11-19(12-10-18)23-13-3-1-2-4-14-23/h5-12H,1-4,13-15H2,(H,22,24). The van der Waals surface area contributed by atoms with Crippen molar-refractivity contribution in [2.45, 2.75) is 32.1 Å². The molecule has 24 heavy (non-hydrogen) atoms. The molecule has 0 bridgehead atoms. The molecule has 3 nitrogen and oxygen atoms in total. The molecule has 1 aliphatic heterocycles. The van der Waals surface area contributed by atoms with Crippen molar-refractivity contribution < 1.29 is 4.79 Å². The highest BCUT2D eigenvalue weighted by Gasteiger charge is 2.10. The monoisotopic (exact) mass is 342 g/mol. The fourth-order valence-corrected chi connectivity index (χ4v) is 3.20. The van der Waals surface area contributed by atoms with Crippen LogP contribution in [-0.4, -0.2) is 19.0 Å². The number of hydrogen-bond donors (Lipinski definition) is 1. The van der Waals surface area contributed by atoms with Gasteiger partial charge in [-0.15, -0.1) is 0 Å². The molecule has 1 amide bonds. The van der Waals surface area contributed by atoms with Gasteiger partial charge in [0.2, 0.25) is 5.91 Å². The van der Waals surface area contributed by atoms with E-state index in [-0.39, 0.29) is 5.91 Å². The molecule has 1 N–H and O–H groups in total. The van der Waals surface area contributed by atoms with Crippen LogP contribution in [0, 0.1) is 0 Å². The minimum atomic E-state index is -0.0140. The van der Waals surface area contributed by atoms with E-state index in [2.05, 4.69) is 22.3 Å². The maximum atomic E-state index is 12.1. The fourth-order valence-electron chi connectivity index (χ4n) is 3.08. The van der Waals surface area contributed by atoms with E-state index in [1.807, 2.05) is 24.3 Å². The molecule has 1 heterocycles. The van der Waals surface area contributed by atoms with E-state index in [1.165, 1.54) is 31.4 Å². The van der Waals surface area contributed by atoms with E-state index in [1.54, 1.807) is 12.1 Å². The molecule has 0 radical (unpaired) electrons. The molecule has 0 saturated carbocycles. The number of carbonyl (C=O) groups is 1. The number of rotatable bonds is 4. The second-order valence-electron chi connectivity index (χ2n) is 6.30. The highest BCUT2D eigenvalue weighted by atomic mass is 35.5. The average molecular weight is 343 g/mol. The maximum absolute atomic E-state index is 12.1. The quantitative estimate of drug-likeness (QED) is 0.856. The Balaban J connectivity index is 1.57. The van der Waals surface area contributed by atoms with Gasteiger partial charge in [-0.1, -0.05) is 36.6 Å². The van der Waals surface area contributed by atoms with E-state index in [9.17, 15) is 4.79 Å². The number of carbonyl (C=O) groups excluding carboxylic acids is 1. The predicted molar refractivity (Wildman–Crippen MR) is 101 cm³/mol. The molecule has 1 saturated heterocycles. The van der Waals surface area contributed by atoms with Crippen LogP contribution in [0.2, 0.25) is 5.02 Å². The third kappa shape index (κ3) is 4.75. The molecule has 0 aliphatic carbocycles. The number of hydrogen-bond acceptors (Lipinski definition) is 2. The largest absolute Gasteiger partial charge is 0.372 e. The summed E-state index contributed by atoms with van der Waals surface area (Å²) in [6, 6.07) is 15.5. The number of anilines is 2. The topological polar surface area (TPSA) is 32.3 Å². The molecule has 2 aromatic rings. The predicted octanol–water partition coefficient (Wildman–Crippen LogP) is 4.90. The number of benzene rings is 2. The van der Waals surface area contributed by atoms with E-state index < -0.39 is 0 Å². The smallest absolute Gasteiger partial charge is 0.228 e. The molecule has 2 aromatic carbocycles. The van der Waals surface area contributed by atoms with E-state index in [4.69, 9.17) is 11.6 Å². The fraction of sp³-hybridized carbons (Fsp3) is 0.350. The second kappa shape index (κ2) is 8.20. The van der Waals surface area contributed by atoms with Gasteiger partial charge < -0.3 is 10.2 Å². The van der Waals surface area contributed by atoms with E-state index >= 15 is 0 Å². The normalized spacial score (nSPS) is 15.0. The van der Waals surface area contributed by atoms with Crippen molar-refractivity contribution in [3.63, 3.8) is 0 Å². The van der Waals surface area contributed by atoms with Crippen LogP contribution in [0.25, 0.3) is 0 Å². The van der Waals surface area contributed by atoms with Gasteiger partial charge in [0.15, 0.2) is 0 Å². The van der Waals surface area contributed by atoms with Crippen LogP contribution in [0.15, 0.2) is 48.5 Å². The van der Waals surface area contributed by atoms with Crippen LogP contribution < -0.4 is 10.2 Å². The van der Waals surface area contributed by atoms with Crippen LogP contribution in [0.4, 0.5) is 11.4 Å². The van der Waals surface area contributed by atoms with Crippen LogP contribution in [-0.2, 0) is 11.2 Å². The van der Waals surface area contributed by atoms with Crippen molar-refractivity contribution in [1.29, 1.82) is 0 Å². The zero-order valence-electron chi connectivity index (χ0n) is 13.8. The average Bonchev–Trinajstić information content (AvgIpc) is 2.87. The minimum absolute atomic E-state index is 0.0140. The number of amides is 1. The Kier molecular flexibility index (Phi) is 5.76. The lowest BCUT2D eigenvalue weighted by atomic mass is 10.1. The Morgan fingerprint density at radius 3 is 2.17 bits per heavy atom. The maximum Gasteiger partial charge on any atom is 0.228 e. The first-order valence-electron chi connectivity index (χ1n) is 8.60. The number of halogens is 1. The summed E-state index contributed by atoms with van der Waals surface area (Å²) < 4.78 is 0.